The third-order valence-electron chi connectivity index (χ3n) is 3.70. The van der Waals surface area contributed by atoms with Gasteiger partial charge in [0.2, 0.25) is 0 Å². The first-order chi connectivity index (χ1) is 9.95. The van der Waals surface area contributed by atoms with Gasteiger partial charge in [0.05, 0.1) is 0 Å². The molecule has 2 rings (SSSR count). The fourth-order valence-electron chi connectivity index (χ4n) is 2.81. The van der Waals surface area contributed by atoms with Crippen molar-refractivity contribution in [2.24, 2.45) is 5.92 Å². The normalized spacial score (nSPS) is 12.7. The highest BCUT2D eigenvalue weighted by atomic mass is 19.1. The SMILES string of the molecule is Cc1cc(C)cc(CNC(c2ccc(F)cc2)C(C)C)c1. The first kappa shape index (κ1) is 15.7. The van der Waals surface area contributed by atoms with E-state index < -0.39 is 0 Å². The lowest BCUT2D eigenvalue weighted by Crippen LogP contribution is -2.25. The van der Waals surface area contributed by atoms with Crippen molar-refractivity contribution in [2.45, 2.75) is 40.3 Å². The van der Waals surface area contributed by atoms with E-state index in [0.717, 1.165) is 12.1 Å². The fourth-order valence-corrected chi connectivity index (χ4v) is 2.81. The molecule has 2 aromatic carbocycles. The second-order valence-electron chi connectivity index (χ2n) is 6.15. The van der Waals surface area contributed by atoms with Crippen molar-refractivity contribution in [3.05, 3.63) is 70.5 Å². The largest absolute Gasteiger partial charge is 0.306 e. The molecule has 2 heteroatoms. The van der Waals surface area contributed by atoms with Crippen LogP contribution in [0.1, 0.15) is 42.1 Å². The first-order valence-corrected chi connectivity index (χ1v) is 7.51. The zero-order valence-electron chi connectivity index (χ0n) is 13.3. The number of halogens is 1. The molecule has 0 aliphatic carbocycles. The summed E-state index contributed by atoms with van der Waals surface area (Å²) in [6.07, 6.45) is 0. The number of hydrogen-bond acceptors (Lipinski definition) is 1. The topological polar surface area (TPSA) is 12.0 Å². The Morgan fingerprint density at radius 3 is 2.05 bits per heavy atom. The molecule has 112 valence electrons. The highest BCUT2D eigenvalue weighted by molar-refractivity contribution is 5.29. The van der Waals surface area contributed by atoms with Gasteiger partial charge in [-0.1, -0.05) is 55.3 Å². The molecule has 0 fully saturated rings. The molecule has 0 spiro atoms. The third-order valence-corrected chi connectivity index (χ3v) is 3.70. The highest BCUT2D eigenvalue weighted by Crippen LogP contribution is 2.22. The van der Waals surface area contributed by atoms with Crippen LogP contribution in [0.4, 0.5) is 4.39 Å². The van der Waals surface area contributed by atoms with E-state index in [1.54, 1.807) is 0 Å². The second kappa shape index (κ2) is 6.86. The average molecular weight is 285 g/mol. The monoisotopic (exact) mass is 285 g/mol. The number of nitrogens with one attached hydrogen (secondary N) is 1. The van der Waals surface area contributed by atoms with Gasteiger partial charge in [0.15, 0.2) is 0 Å². The molecule has 1 unspecified atom stereocenters. The Balaban J connectivity index is 2.11. The van der Waals surface area contributed by atoms with Crippen molar-refractivity contribution in [3.63, 3.8) is 0 Å². The quantitative estimate of drug-likeness (QED) is 0.821. The minimum atomic E-state index is -0.185. The lowest BCUT2D eigenvalue weighted by Gasteiger charge is -2.23. The molecule has 0 amide bonds. The Hall–Kier alpha value is -1.67. The first-order valence-electron chi connectivity index (χ1n) is 7.51. The zero-order valence-corrected chi connectivity index (χ0v) is 13.3. The molecule has 0 bridgehead atoms. The fraction of sp³-hybridized carbons (Fsp3) is 0.368. The lowest BCUT2D eigenvalue weighted by atomic mass is 9.95. The van der Waals surface area contributed by atoms with Crippen LogP contribution in [0.5, 0.6) is 0 Å². The van der Waals surface area contributed by atoms with Crippen LogP contribution in [-0.2, 0) is 6.54 Å². The maximum atomic E-state index is 13.1. The van der Waals surface area contributed by atoms with Gasteiger partial charge in [-0.05, 0) is 43.0 Å². The summed E-state index contributed by atoms with van der Waals surface area (Å²) >= 11 is 0. The molecular formula is C19H24FN. The van der Waals surface area contributed by atoms with E-state index in [4.69, 9.17) is 0 Å². The van der Waals surface area contributed by atoms with Crippen LogP contribution in [-0.4, -0.2) is 0 Å². The number of aryl methyl sites for hydroxylation is 2. The third kappa shape index (κ3) is 4.40. The summed E-state index contributed by atoms with van der Waals surface area (Å²) in [6, 6.07) is 13.6. The minimum absolute atomic E-state index is 0.185. The van der Waals surface area contributed by atoms with Gasteiger partial charge >= 0.3 is 0 Å². The number of hydrogen-bond donors (Lipinski definition) is 1. The summed E-state index contributed by atoms with van der Waals surface area (Å²) < 4.78 is 13.1. The highest BCUT2D eigenvalue weighted by Gasteiger charge is 2.15. The Morgan fingerprint density at radius 2 is 1.52 bits per heavy atom. The summed E-state index contributed by atoms with van der Waals surface area (Å²) in [6.45, 7) is 9.43. The smallest absolute Gasteiger partial charge is 0.123 e. The molecular weight excluding hydrogens is 261 g/mol. The summed E-state index contributed by atoms with van der Waals surface area (Å²) in [5, 5.41) is 3.60. The van der Waals surface area contributed by atoms with Crippen molar-refractivity contribution >= 4 is 0 Å². The summed E-state index contributed by atoms with van der Waals surface area (Å²) in [5.74, 6) is 0.261. The van der Waals surface area contributed by atoms with Gasteiger partial charge in [0.25, 0.3) is 0 Å². The number of rotatable bonds is 5. The molecule has 2 aromatic rings. The standard InChI is InChI=1S/C19H24FN/c1-13(2)19(17-5-7-18(20)8-6-17)21-12-16-10-14(3)9-15(4)11-16/h5-11,13,19,21H,12H2,1-4H3. The Labute approximate surface area is 127 Å². The molecule has 0 aliphatic rings. The van der Waals surface area contributed by atoms with Crippen molar-refractivity contribution in [1.82, 2.24) is 5.32 Å². The van der Waals surface area contributed by atoms with E-state index in [9.17, 15) is 4.39 Å². The predicted octanol–water partition coefficient (Wildman–Crippen LogP) is 4.93. The Kier molecular flexibility index (Phi) is 5.13. The maximum Gasteiger partial charge on any atom is 0.123 e. The van der Waals surface area contributed by atoms with E-state index in [-0.39, 0.29) is 11.9 Å². The van der Waals surface area contributed by atoms with E-state index >= 15 is 0 Å². The molecule has 0 aliphatic heterocycles. The molecule has 1 N–H and O–H groups in total. The van der Waals surface area contributed by atoms with Gasteiger partial charge in [0, 0.05) is 12.6 Å². The van der Waals surface area contributed by atoms with E-state index in [1.807, 2.05) is 12.1 Å². The molecule has 1 nitrogen and oxygen atoms in total. The second-order valence-corrected chi connectivity index (χ2v) is 6.15. The van der Waals surface area contributed by atoms with Crippen LogP contribution in [0.25, 0.3) is 0 Å². The van der Waals surface area contributed by atoms with E-state index in [2.05, 4.69) is 51.2 Å². The lowest BCUT2D eigenvalue weighted by molar-refractivity contribution is 0.410. The van der Waals surface area contributed by atoms with Crippen LogP contribution in [0.15, 0.2) is 42.5 Å². The molecule has 1 atom stereocenters. The minimum Gasteiger partial charge on any atom is -0.306 e. The summed E-state index contributed by atoms with van der Waals surface area (Å²) in [4.78, 5) is 0. The molecule has 0 saturated carbocycles. The maximum absolute atomic E-state index is 13.1. The predicted molar refractivity (Wildman–Crippen MR) is 86.7 cm³/mol. The van der Waals surface area contributed by atoms with Gasteiger partial charge in [-0.3, -0.25) is 0 Å². The van der Waals surface area contributed by atoms with Crippen LogP contribution >= 0.6 is 0 Å². The summed E-state index contributed by atoms with van der Waals surface area (Å²) in [7, 11) is 0. The van der Waals surface area contributed by atoms with Gasteiger partial charge in [-0.15, -0.1) is 0 Å². The van der Waals surface area contributed by atoms with Crippen LogP contribution in [0, 0.1) is 25.6 Å². The van der Waals surface area contributed by atoms with Crippen molar-refractivity contribution in [1.29, 1.82) is 0 Å². The van der Waals surface area contributed by atoms with Crippen LogP contribution in [0.2, 0.25) is 0 Å². The van der Waals surface area contributed by atoms with Gasteiger partial charge in [-0.25, -0.2) is 4.39 Å². The average Bonchev–Trinajstić information content (AvgIpc) is 2.39. The van der Waals surface area contributed by atoms with E-state index in [0.29, 0.717) is 5.92 Å². The Bertz CT molecular complexity index is 567. The van der Waals surface area contributed by atoms with Crippen molar-refractivity contribution in [2.75, 3.05) is 0 Å². The van der Waals surface area contributed by atoms with Crippen LogP contribution < -0.4 is 5.32 Å². The molecule has 0 radical (unpaired) electrons. The van der Waals surface area contributed by atoms with Gasteiger partial charge in [0.1, 0.15) is 5.82 Å². The molecule has 0 aromatic heterocycles. The van der Waals surface area contributed by atoms with E-state index in [1.165, 1.54) is 28.8 Å². The molecule has 21 heavy (non-hydrogen) atoms. The zero-order chi connectivity index (χ0) is 15.4. The molecule has 0 saturated heterocycles. The van der Waals surface area contributed by atoms with Crippen LogP contribution in [0.3, 0.4) is 0 Å². The number of benzene rings is 2. The van der Waals surface area contributed by atoms with Gasteiger partial charge < -0.3 is 5.32 Å². The molecule has 0 heterocycles. The Morgan fingerprint density at radius 1 is 0.952 bits per heavy atom. The van der Waals surface area contributed by atoms with Crippen molar-refractivity contribution < 1.29 is 4.39 Å². The van der Waals surface area contributed by atoms with Crippen molar-refractivity contribution in [3.8, 4) is 0 Å². The van der Waals surface area contributed by atoms with Gasteiger partial charge in [-0.2, -0.15) is 0 Å². The summed E-state index contributed by atoms with van der Waals surface area (Å²) in [5.41, 5.74) is 5.00.